The van der Waals surface area contributed by atoms with Gasteiger partial charge in [0.15, 0.2) is 5.82 Å². The van der Waals surface area contributed by atoms with Crippen LogP contribution in [-0.4, -0.2) is 29.6 Å². The predicted octanol–water partition coefficient (Wildman–Crippen LogP) is 2.92. The monoisotopic (exact) mass is 269 g/mol. The van der Waals surface area contributed by atoms with Gasteiger partial charge in [-0.15, -0.1) is 0 Å². The fourth-order valence-corrected chi connectivity index (χ4v) is 2.01. The molecule has 0 spiro atoms. The Morgan fingerprint density at radius 3 is 2.82 bits per heavy atom. The topological polar surface area (TPSA) is 47.0 Å². The minimum Gasteiger partial charge on any atom is -0.383 e. The van der Waals surface area contributed by atoms with E-state index in [1.807, 2.05) is 24.3 Å². The van der Waals surface area contributed by atoms with Crippen molar-refractivity contribution < 1.29 is 4.74 Å². The van der Waals surface area contributed by atoms with Crippen LogP contribution in [0.25, 0.3) is 11.4 Å². The van der Waals surface area contributed by atoms with E-state index in [0.717, 1.165) is 17.2 Å². The number of methoxy groups -OCH3 is 1. The van der Waals surface area contributed by atoms with Crippen LogP contribution in [0.3, 0.4) is 0 Å². The van der Waals surface area contributed by atoms with Crippen LogP contribution in [-0.2, 0) is 4.74 Å². The van der Waals surface area contributed by atoms with Gasteiger partial charge in [-0.05, 0) is 24.3 Å². The summed E-state index contributed by atoms with van der Waals surface area (Å²) in [6.07, 6.45) is 0. The number of benzene rings is 1. The van der Waals surface area contributed by atoms with Crippen molar-refractivity contribution in [2.75, 3.05) is 25.6 Å². The summed E-state index contributed by atoms with van der Waals surface area (Å²) in [5.74, 6) is 0.714. The van der Waals surface area contributed by atoms with Gasteiger partial charge in [0.2, 0.25) is 5.13 Å². The molecule has 17 heavy (non-hydrogen) atoms. The normalized spacial score (nSPS) is 10.5. The molecule has 0 aliphatic carbocycles. The van der Waals surface area contributed by atoms with Crippen LogP contribution >= 0.6 is 23.1 Å². The lowest BCUT2D eigenvalue weighted by atomic mass is 10.2. The molecular formula is C11H12ClN3OS. The molecule has 0 saturated heterocycles. The fraction of sp³-hybridized carbons (Fsp3) is 0.273. The molecule has 0 aliphatic heterocycles. The largest absolute Gasteiger partial charge is 0.383 e. The van der Waals surface area contributed by atoms with Gasteiger partial charge in [-0.25, -0.2) is 0 Å². The zero-order valence-corrected chi connectivity index (χ0v) is 10.9. The Hall–Kier alpha value is -1.17. The molecular weight excluding hydrogens is 258 g/mol. The molecule has 1 heterocycles. The SMILES string of the molecule is COCCNc1nc(-c2ccc(Cl)cc2)ns1. The molecule has 0 fully saturated rings. The highest BCUT2D eigenvalue weighted by Gasteiger charge is 2.05. The lowest BCUT2D eigenvalue weighted by molar-refractivity contribution is 0.211. The Balaban J connectivity index is 2.04. The van der Waals surface area contributed by atoms with Crippen molar-refractivity contribution >= 4 is 28.3 Å². The minimum absolute atomic E-state index is 0.649. The van der Waals surface area contributed by atoms with E-state index in [1.54, 1.807) is 7.11 Å². The Morgan fingerprint density at radius 1 is 1.35 bits per heavy atom. The summed E-state index contributed by atoms with van der Waals surface area (Å²) in [4.78, 5) is 4.38. The van der Waals surface area contributed by atoms with Crippen LogP contribution in [0.4, 0.5) is 5.13 Å². The number of nitrogens with one attached hydrogen (secondary N) is 1. The van der Waals surface area contributed by atoms with Crippen molar-refractivity contribution in [2.45, 2.75) is 0 Å². The van der Waals surface area contributed by atoms with Crippen LogP contribution in [0.15, 0.2) is 24.3 Å². The van der Waals surface area contributed by atoms with Crippen LogP contribution in [0, 0.1) is 0 Å². The third-order valence-corrected chi connectivity index (χ3v) is 3.04. The molecule has 0 unspecified atom stereocenters. The average molecular weight is 270 g/mol. The van der Waals surface area contributed by atoms with Gasteiger partial charge in [0.1, 0.15) is 0 Å². The van der Waals surface area contributed by atoms with Crippen LogP contribution in [0.5, 0.6) is 0 Å². The third kappa shape index (κ3) is 3.39. The predicted molar refractivity (Wildman–Crippen MR) is 70.7 cm³/mol. The summed E-state index contributed by atoms with van der Waals surface area (Å²) in [5.41, 5.74) is 0.963. The summed E-state index contributed by atoms with van der Waals surface area (Å²) < 4.78 is 9.23. The summed E-state index contributed by atoms with van der Waals surface area (Å²) >= 11 is 7.16. The van der Waals surface area contributed by atoms with Gasteiger partial charge in [0, 0.05) is 35.8 Å². The van der Waals surface area contributed by atoms with Crippen molar-refractivity contribution in [3.8, 4) is 11.4 Å². The second kappa shape index (κ2) is 5.95. The number of halogens is 1. The molecule has 0 radical (unpaired) electrons. The number of nitrogens with zero attached hydrogens (tertiary/aromatic N) is 2. The zero-order valence-electron chi connectivity index (χ0n) is 9.31. The Morgan fingerprint density at radius 2 is 2.12 bits per heavy atom. The van der Waals surface area contributed by atoms with Gasteiger partial charge in [-0.3, -0.25) is 0 Å². The van der Waals surface area contributed by atoms with Crippen molar-refractivity contribution in [3.05, 3.63) is 29.3 Å². The average Bonchev–Trinajstić information content (AvgIpc) is 2.79. The molecule has 2 rings (SSSR count). The first-order valence-corrected chi connectivity index (χ1v) is 6.27. The first-order chi connectivity index (χ1) is 8.29. The Kier molecular flexibility index (Phi) is 4.30. The number of rotatable bonds is 5. The summed E-state index contributed by atoms with van der Waals surface area (Å²) in [6.45, 7) is 1.38. The Bertz CT molecular complexity index is 472. The first-order valence-electron chi connectivity index (χ1n) is 5.12. The molecule has 0 amide bonds. The fourth-order valence-electron chi connectivity index (χ4n) is 1.27. The maximum Gasteiger partial charge on any atom is 0.202 e. The minimum atomic E-state index is 0.649. The molecule has 90 valence electrons. The first kappa shape index (κ1) is 12.3. The summed E-state index contributed by atoms with van der Waals surface area (Å²) in [5, 5.41) is 4.65. The maximum absolute atomic E-state index is 5.82. The van der Waals surface area contributed by atoms with Gasteiger partial charge >= 0.3 is 0 Å². The van der Waals surface area contributed by atoms with E-state index in [-0.39, 0.29) is 0 Å². The quantitative estimate of drug-likeness (QED) is 0.848. The lowest BCUT2D eigenvalue weighted by Gasteiger charge is -1.99. The maximum atomic E-state index is 5.82. The second-order valence-electron chi connectivity index (χ2n) is 3.35. The number of hydrogen-bond donors (Lipinski definition) is 1. The molecule has 0 aliphatic rings. The summed E-state index contributed by atoms with van der Waals surface area (Å²) in [6, 6.07) is 7.47. The highest BCUT2D eigenvalue weighted by Crippen LogP contribution is 2.22. The molecule has 0 bridgehead atoms. The van der Waals surface area contributed by atoms with E-state index >= 15 is 0 Å². The molecule has 0 atom stereocenters. The highest BCUT2D eigenvalue weighted by atomic mass is 35.5. The summed E-state index contributed by atoms with van der Waals surface area (Å²) in [7, 11) is 1.67. The molecule has 0 saturated carbocycles. The van der Waals surface area contributed by atoms with Gasteiger partial charge in [-0.1, -0.05) is 11.6 Å². The van der Waals surface area contributed by atoms with E-state index in [1.165, 1.54) is 11.5 Å². The number of ether oxygens (including phenoxy) is 1. The molecule has 1 N–H and O–H groups in total. The Labute approximate surface area is 109 Å². The van der Waals surface area contributed by atoms with Crippen molar-refractivity contribution in [3.63, 3.8) is 0 Å². The smallest absolute Gasteiger partial charge is 0.202 e. The van der Waals surface area contributed by atoms with Gasteiger partial charge in [0.25, 0.3) is 0 Å². The number of aromatic nitrogens is 2. The van der Waals surface area contributed by atoms with Crippen LogP contribution < -0.4 is 5.32 Å². The number of anilines is 1. The van der Waals surface area contributed by atoms with Crippen molar-refractivity contribution in [2.24, 2.45) is 0 Å². The molecule has 4 nitrogen and oxygen atoms in total. The van der Waals surface area contributed by atoms with E-state index in [2.05, 4.69) is 14.7 Å². The lowest BCUT2D eigenvalue weighted by Crippen LogP contribution is -2.06. The molecule has 1 aromatic carbocycles. The third-order valence-electron chi connectivity index (χ3n) is 2.11. The van der Waals surface area contributed by atoms with Crippen molar-refractivity contribution in [1.82, 2.24) is 9.36 Å². The van der Waals surface area contributed by atoms with Crippen LogP contribution in [0.2, 0.25) is 5.02 Å². The molecule has 1 aromatic heterocycles. The van der Waals surface area contributed by atoms with Gasteiger partial charge < -0.3 is 10.1 Å². The second-order valence-corrected chi connectivity index (χ2v) is 4.54. The molecule has 6 heteroatoms. The molecule has 2 aromatic rings. The van der Waals surface area contributed by atoms with Crippen molar-refractivity contribution in [1.29, 1.82) is 0 Å². The zero-order chi connectivity index (χ0) is 12.1. The standard InChI is InChI=1S/C11H12ClN3OS/c1-16-7-6-13-11-14-10(15-17-11)8-2-4-9(12)5-3-8/h2-5H,6-7H2,1H3,(H,13,14,15). The van der Waals surface area contributed by atoms with Crippen LogP contribution in [0.1, 0.15) is 0 Å². The van der Waals surface area contributed by atoms with E-state index < -0.39 is 0 Å². The van der Waals surface area contributed by atoms with Gasteiger partial charge in [-0.2, -0.15) is 9.36 Å². The van der Waals surface area contributed by atoms with E-state index in [4.69, 9.17) is 16.3 Å². The highest BCUT2D eigenvalue weighted by molar-refractivity contribution is 7.09. The van der Waals surface area contributed by atoms with Gasteiger partial charge in [0.05, 0.1) is 6.61 Å². The van der Waals surface area contributed by atoms with E-state index in [9.17, 15) is 0 Å². The van der Waals surface area contributed by atoms with E-state index in [0.29, 0.717) is 17.5 Å². The number of hydrogen-bond acceptors (Lipinski definition) is 5.